The minimum atomic E-state index is -4.76. The second kappa shape index (κ2) is 14.3. The van der Waals surface area contributed by atoms with Gasteiger partial charge in [0.2, 0.25) is 5.91 Å². The highest BCUT2D eigenvalue weighted by Crippen LogP contribution is 2.34. The fourth-order valence-corrected chi connectivity index (χ4v) is 6.48. The van der Waals surface area contributed by atoms with Gasteiger partial charge in [0, 0.05) is 36.6 Å². The molecule has 2 N–H and O–H groups in total. The third kappa shape index (κ3) is 8.04. The van der Waals surface area contributed by atoms with Gasteiger partial charge in [0.1, 0.15) is 6.04 Å². The fraction of sp³-hybridized carbons (Fsp3) is 0.486. The van der Waals surface area contributed by atoms with Gasteiger partial charge < -0.3 is 24.5 Å². The number of benzene rings is 1. The van der Waals surface area contributed by atoms with Crippen LogP contribution in [0.5, 0.6) is 0 Å². The number of carboxylic acids is 1. The molecule has 1 aliphatic rings. The summed E-state index contributed by atoms with van der Waals surface area (Å²) < 4.78 is 44.5. The first-order chi connectivity index (χ1) is 22.0. The molecule has 0 spiro atoms. The van der Waals surface area contributed by atoms with Gasteiger partial charge in [-0.3, -0.25) is 19.2 Å². The zero-order valence-corrected chi connectivity index (χ0v) is 27.7. The summed E-state index contributed by atoms with van der Waals surface area (Å²) in [5.74, 6) is -2.02. The molecule has 0 radical (unpaired) electrons. The largest absolute Gasteiger partial charge is 0.481 e. The van der Waals surface area contributed by atoms with Gasteiger partial charge >= 0.3 is 12.1 Å². The number of pyridine rings is 2. The number of nitrogens with one attached hydrogen (secondary N) is 1. The highest BCUT2D eigenvalue weighted by molar-refractivity contribution is 5.82. The molecule has 0 saturated heterocycles. The highest BCUT2D eigenvalue weighted by atomic mass is 19.4. The molecule has 1 amide bonds. The highest BCUT2D eigenvalue weighted by Gasteiger charge is 2.36. The van der Waals surface area contributed by atoms with Crippen molar-refractivity contribution in [3.8, 4) is 11.1 Å². The van der Waals surface area contributed by atoms with Gasteiger partial charge in [0.15, 0.2) is 0 Å². The monoisotopic (exact) mass is 656 g/mol. The Morgan fingerprint density at radius 3 is 2.32 bits per heavy atom. The van der Waals surface area contributed by atoms with E-state index >= 15 is 0 Å². The number of rotatable bonds is 12. The van der Waals surface area contributed by atoms with E-state index in [0.29, 0.717) is 42.3 Å². The molecule has 0 fully saturated rings. The summed E-state index contributed by atoms with van der Waals surface area (Å²) in [6.45, 7) is 8.15. The molecule has 0 aliphatic carbocycles. The molecule has 2 aromatic heterocycles. The van der Waals surface area contributed by atoms with Crippen molar-refractivity contribution in [2.75, 3.05) is 20.6 Å². The summed E-state index contributed by atoms with van der Waals surface area (Å²) in [6, 6.07) is 5.59. The zero-order valence-electron chi connectivity index (χ0n) is 27.7. The van der Waals surface area contributed by atoms with Crippen molar-refractivity contribution in [1.82, 2.24) is 19.4 Å². The number of carboxylic acid groups (broad SMARTS) is 1. The molecule has 1 aliphatic heterocycles. The fourth-order valence-electron chi connectivity index (χ4n) is 6.48. The summed E-state index contributed by atoms with van der Waals surface area (Å²) in [5, 5.41) is 12.8. The van der Waals surface area contributed by atoms with E-state index in [1.54, 1.807) is 29.6 Å². The van der Waals surface area contributed by atoms with Gasteiger partial charge in [0.05, 0.1) is 18.0 Å². The van der Waals surface area contributed by atoms with E-state index in [0.717, 1.165) is 27.5 Å². The maximum Gasteiger partial charge on any atom is 0.416 e. The Hall–Kier alpha value is -4.19. The molecule has 0 saturated carbocycles. The van der Waals surface area contributed by atoms with Crippen molar-refractivity contribution >= 4 is 11.9 Å². The molecular weight excluding hydrogens is 613 g/mol. The number of amides is 1. The zero-order chi connectivity index (χ0) is 34.8. The van der Waals surface area contributed by atoms with E-state index in [9.17, 15) is 37.5 Å². The average molecular weight is 657 g/mol. The number of fused-ring (bicyclic) bond motifs is 1. The number of carbonyl (C=O) groups is 2. The van der Waals surface area contributed by atoms with Crippen molar-refractivity contribution in [1.29, 1.82) is 0 Å². The molecule has 254 valence electrons. The third-order valence-electron chi connectivity index (χ3n) is 8.68. The summed E-state index contributed by atoms with van der Waals surface area (Å²) in [4.78, 5) is 55.0. The Bertz CT molecular complexity index is 1750. The van der Waals surface area contributed by atoms with Crippen molar-refractivity contribution in [2.24, 2.45) is 5.92 Å². The number of halogens is 3. The van der Waals surface area contributed by atoms with Crippen LogP contribution < -0.4 is 16.4 Å². The van der Waals surface area contributed by atoms with Crippen LogP contribution >= 0.6 is 0 Å². The number of hydrogen-bond acceptors (Lipinski definition) is 5. The van der Waals surface area contributed by atoms with Crippen LogP contribution in [0.1, 0.15) is 78.7 Å². The van der Waals surface area contributed by atoms with Gasteiger partial charge in [0.25, 0.3) is 11.1 Å². The molecular formula is C35H43F3N4O5. The Morgan fingerprint density at radius 1 is 1.09 bits per heavy atom. The lowest BCUT2D eigenvalue weighted by molar-refractivity contribution is -0.139. The lowest BCUT2D eigenvalue weighted by Gasteiger charge is -2.27. The maximum absolute atomic E-state index is 14.1. The minimum Gasteiger partial charge on any atom is -0.481 e. The first kappa shape index (κ1) is 35.7. The Morgan fingerprint density at radius 2 is 1.74 bits per heavy atom. The third-order valence-corrected chi connectivity index (χ3v) is 8.68. The number of aliphatic carboxylic acids is 1. The van der Waals surface area contributed by atoms with E-state index in [4.69, 9.17) is 0 Å². The van der Waals surface area contributed by atoms with Crippen LogP contribution in [0.3, 0.4) is 0 Å². The normalized spacial score (nSPS) is 14.4. The second-order valence-electron chi connectivity index (χ2n) is 13.1. The molecule has 3 heterocycles. The van der Waals surface area contributed by atoms with Crippen LogP contribution in [-0.2, 0) is 35.2 Å². The molecule has 3 aromatic rings. The molecule has 12 heteroatoms. The van der Waals surface area contributed by atoms with E-state index in [1.807, 2.05) is 45.9 Å². The Labute approximate surface area is 272 Å². The summed E-state index contributed by atoms with van der Waals surface area (Å²) >= 11 is 0. The second-order valence-corrected chi connectivity index (χ2v) is 13.1. The van der Waals surface area contributed by atoms with Crippen LogP contribution in [0.2, 0.25) is 0 Å². The standard InChI is InChI=1S/C35H43F3N4O5/c1-20(2)15-29(42-19-23(12-14-40(5)6)26(17-30(42)43)35(36,37)38)33(46)39-27(18-31(44)45)24-16-25(32-21(3)9-7-10-22(32)4)34(47)41-13-8-11-28(24)41/h7,9-10,16-17,19-20,27,29H,8,11-15,18H2,1-6H3,(H,39,46)(H,44,45)/t27-,29-/m0/s1. The Kier molecular flexibility index (Phi) is 10.8. The average Bonchev–Trinajstić information content (AvgIpc) is 3.45. The van der Waals surface area contributed by atoms with Crippen LogP contribution in [0, 0.1) is 19.8 Å². The number of nitrogens with zero attached hydrogens (tertiary/aromatic N) is 3. The summed E-state index contributed by atoms with van der Waals surface area (Å²) in [5.41, 5.74) is 1.66. The minimum absolute atomic E-state index is 0.00815. The lowest BCUT2D eigenvalue weighted by Crippen LogP contribution is -2.41. The molecule has 47 heavy (non-hydrogen) atoms. The SMILES string of the molecule is Cc1cccc(C)c1-c1cc([C@H](CC(=O)O)NC(=O)[C@H](CC(C)C)n2cc(CCN(C)C)c(C(F)(F)F)cc2=O)c2n(c1=O)CCC2. The number of aryl methyl sites for hydroxylation is 2. The number of alkyl halides is 3. The van der Waals surface area contributed by atoms with E-state index in [2.05, 4.69) is 5.32 Å². The summed E-state index contributed by atoms with van der Waals surface area (Å²) in [6.07, 6.45) is -2.87. The van der Waals surface area contributed by atoms with Crippen molar-refractivity contribution in [3.63, 3.8) is 0 Å². The molecule has 2 atom stereocenters. The summed E-state index contributed by atoms with van der Waals surface area (Å²) in [7, 11) is 3.45. The molecule has 4 rings (SSSR count). The van der Waals surface area contributed by atoms with E-state index < -0.39 is 47.7 Å². The topological polar surface area (TPSA) is 114 Å². The quantitative estimate of drug-likeness (QED) is 0.274. The number of aromatic nitrogens is 2. The molecule has 1 aromatic carbocycles. The smallest absolute Gasteiger partial charge is 0.416 e. The van der Waals surface area contributed by atoms with Crippen LogP contribution in [0.15, 0.2) is 46.1 Å². The predicted molar refractivity (Wildman–Crippen MR) is 174 cm³/mol. The number of hydrogen-bond donors (Lipinski definition) is 2. The van der Waals surface area contributed by atoms with Gasteiger partial charge in [-0.2, -0.15) is 13.2 Å². The van der Waals surface area contributed by atoms with Crippen molar-refractivity contribution in [3.05, 3.63) is 90.7 Å². The van der Waals surface area contributed by atoms with E-state index in [-0.39, 0.29) is 36.4 Å². The predicted octanol–water partition coefficient (Wildman–Crippen LogP) is 5.28. The van der Waals surface area contributed by atoms with Gasteiger partial charge in [-0.05, 0) is 93.4 Å². The number of likely N-dealkylation sites (N-methyl/N-ethyl adjacent to an activating group) is 1. The first-order valence-electron chi connectivity index (χ1n) is 15.8. The van der Waals surface area contributed by atoms with Crippen LogP contribution in [0.4, 0.5) is 13.2 Å². The van der Waals surface area contributed by atoms with Crippen LogP contribution in [0.25, 0.3) is 11.1 Å². The van der Waals surface area contributed by atoms with Crippen molar-refractivity contribution < 1.29 is 27.9 Å². The molecule has 0 unspecified atom stereocenters. The Balaban J connectivity index is 1.84. The molecule has 0 bridgehead atoms. The lowest BCUT2D eigenvalue weighted by atomic mass is 9.92. The van der Waals surface area contributed by atoms with Crippen molar-refractivity contribution in [2.45, 2.75) is 84.6 Å². The maximum atomic E-state index is 14.1. The van der Waals surface area contributed by atoms with Gasteiger partial charge in [-0.15, -0.1) is 0 Å². The van der Waals surface area contributed by atoms with Crippen LogP contribution in [-0.4, -0.2) is 51.7 Å². The first-order valence-corrected chi connectivity index (χ1v) is 15.8. The number of carbonyl (C=O) groups excluding carboxylic acids is 1. The van der Waals surface area contributed by atoms with Gasteiger partial charge in [-0.25, -0.2) is 0 Å². The molecule has 9 nitrogen and oxygen atoms in total. The van der Waals surface area contributed by atoms with Gasteiger partial charge in [-0.1, -0.05) is 32.0 Å². The van der Waals surface area contributed by atoms with E-state index in [1.165, 1.54) is 0 Å².